The summed E-state index contributed by atoms with van der Waals surface area (Å²) < 4.78 is 69.8. The number of aliphatic hydroxyl groups is 1. The van der Waals surface area contributed by atoms with Gasteiger partial charge in [-0.1, -0.05) is 254 Å². The van der Waals surface area contributed by atoms with Gasteiger partial charge in [0, 0.05) is 11.6 Å². The molecule has 0 radical (unpaired) electrons. The lowest BCUT2D eigenvalue weighted by Crippen LogP contribution is -2.59. The summed E-state index contributed by atoms with van der Waals surface area (Å²) in [6, 6.07) is 85.8. The molecule has 94 heavy (non-hydrogen) atoms. The van der Waals surface area contributed by atoms with Crippen LogP contribution in [0.15, 0.2) is 267 Å². The van der Waals surface area contributed by atoms with E-state index in [9.17, 15) is 9.90 Å². The molecule has 11 rings (SSSR count). The second-order valence-electron chi connectivity index (χ2n) is 24.0. The summed E-state index contributed by atoms with van der Waals surface area (Å²) >= 11 is 0. The molecule has 478 valence electrons. The quantitative estimate of drug-likeness (QED) is 0.0370. The van der Waals surface area contributed by atoms with E-state index >= 15 is 0 Å². The van der Waals surface area contributed by atoms with Crippen LogP contribution in [0.25, 0.3) is 0 Å². The van der Waals surface area contributed by atoms with E-state index in [1.165, 1.54) is 0 Å². The van der Waals surface area contributed by atoms with Crippen LogP contribution >= 0.6 is 0 Å². The summed E-state index contributed by atoms with van der Waals surface area (Å²) in [5.74, 6) is 7.51. The molecule has 1 N–H and O–H groups in total. The number of rotatable bonds is 28. The number of ether oxygens (including phenoxy) is 10. The Morgan fingerprint density at radius 1 is 0.426 bits per heavy atom. The van der Waals surface area contributed by atoms with Gasteiger partial charge >= 0.3 is 5.97 Å². The Labute approximate surface area is 551 Å². The summed E-state index contributed by atoms with van der Waals surface area (Å²) in [6.45, 7) is 6.63. The summed E-state index contributed by atoms with van der Waals surface area (Å²) in [6.07, 6.45) is -7.09. The molecule has 1 aliphatic heterocycles. The maximum Gasteiger partial charge on any atom is 0.311 e. The summed E-state index contributed by atoms with van der Waals surface area (Å²) in [5.41, 5.74) is 7.18. The Hall–Kier alpha value is -9.97. The monoisotopic (exact) mass is 1250 g/mol. The molecule has 12 heteroatoms. The van der Waals surface area contributed by atoms with Gasteiger partial charge in [0.1, 0.15) is 80.8 Å². The van der Waals surface area contributed by atoms with Crippen LogP contribution in [0.2, 0.25) is 0 Å². The number of hydrogen-bond donors (Lipinski definition) is 1. The number of aliphatic hydroxyl groups excluding tert-OH is 1. The normalized spacial score (nSPS) is 16.4. The van der Waals surface area contributed by atoms with E-state index in [2.05, 4.69) is 11.8 Å². The molecule has 0 saturated carbocycles. The minimum absolute atomic E-state index is 0.00274. The van der Waals surface area contributed by atoms with Gasteiger partial charge < -0.3 is 52.5 Å². The highest BCUT2D eigenvalue weighted by atomic mass is 16.6. The van der Waals surface area contributed by atoms with Crippen molar-refractivity contribution in [3.05, 3.63) is 328 Å². The summed E-state index contributed by atoms with van der Waals surface area (Å²) in [4.78, 5) is 15.0. The van der Waals surface area contributed by atoms with Crippen LogP contribution in [0.5, 0.6) is 28.7 Å². The first kappa shape index (κ1) is 65.5. The van der Waals surface area contributed by atoms with Crippen molar-refractivity contribution >= 4 is 5.97 Å². The topological polar surface area (TPSA) is 130 Å². The van der Waals surface area contributed by atoms with Gasteiger partial charge in [-0.15, -0.1) is 0 Å². The number of benzene rings is 10. The third-order valence-corrected chi connectivity index (χ3v) is 15.8. The molecular formula is C82H78O12. The van der Waals surface area contributed by atoms with Crippen molar-refractivity contribution in [2.75, 3.05) is 6.61 Å². The molecule has 0 amide bonds. The van der Waals surface area contributed by atoms with Gasteiger partial charge in [-0.3, -0.25) is 4.79 Å². The Balaban J connectivity index is 1.11. The lowest BCUT2D eigenvalue weighted by Gasteiger charge is -2.47. The van der Waals surface area contributed by atoms with Crippen molar-refractivity contribution in [2.45, 2.75) is 110 Å². The highest BCUT2D eigenvalue weighted by Gasteiger charge is 2.53. The van der Waals surface area contributed by atoms with Crippen LogP contribution in [0.3, 0.4) is 0 Å². The fourth-order valence-corrected chi connectivity index (χ4v) is 10.8. The third kappa shape index (κ3) is 18.4. The lowest BCUT2D eigenvalue weighted by atomic mass is 9.87. The van der Waals surface area contributed by atoms with Gasteiger partial charge in [-0.2, -0.15) is 0 Å². The molecule has 0 bridgehead atoms. The number of carbonyl (C=O) groups is 1. The van der Waals surface area contributed by atoms with Crippen molar-refractivity contribution in [1.29, 1.82) is 0 Å². The molecule has 1 unspecified atom stereocenters. The second kappa shape index (κ2) is 33.0. The smallest absolute Gasteiger partial charge is 0.311 e. The largest absolute Gasteiger partial charge is 0.488 e. The summed E-state index contributed by atoms with van der Waals surface area (Å²) in [7, 11) is 0. The molecule has 10 aromatic carbocycles. The van der Waals surface area contributed by atoms with Gasteiger partial charge in [0.2, 0.25) is 0 Å². The number of carbonyl (C=O) groups excluding carboxylic acids is 1. The predicted octanol–water partition coefficient (Wildman–Crippen LogP) is 16.5. The van der Waals surface area contributed by atoms with Crippen molar-refractivity contribution in [1.82, 2.24) is 0 Å². The Morgan fingerprint density at radius 2 is 0.809 bits per heavy atom. The van der Waals surface area contributed by atoms with Gasteiger partial charge in [-0.25, -0.2) is 0 Å². The van der Waals surface area contributed by atoms with Crippen molar-refractivity contribution in [2.24, 2.45) is 5.41 Å². The van der Waals surface area contributed by atoms with Crippen LogP contribution in [-0.4, -0.2) is 42.1 Å². The Bertz CT molecular complexity index is 3990. The fraction of sp³-hybridized carbons (Fsp3) is 0.232. The summed E-state index contributed by atoms with van der Waals surface area (Å²) in [5, 5.41) is 13.3. The highest BCUT2D eigenvalue weighted by molar-refractivity contribution is 5.76. The molecule has 0 spiro atoms. The molecule has 10 aromatic rings. The van der Waals surface area contributed by atoms with Crippen LogP contribution in [0.1, 0.15) is 94.2 Å². The first-order valence-electron chi connectivity index (χ1n) is 31.8. The number of esters is 1. The molecule has 6 atom stereocenters. The van der Waals surface area contributed by atoms with E-state index in [-0.39, 0.29) is 75.7 Å². The standard InChI is InChI=1S/C82H78O12/c1-82(2,3)81(84)94-80-78(93-73(58-85-50-60-28-12-4-13-29-60)76(90-55-65-38-22-9-23-39-65)79(80)92-57-67-42-26-11-27-43-67)75-72(89-54-64-36-20-8-21-37-64)49-71(88-53-63-34-18-7-19-35-63)74(77(75)91-56-66-40-24-10-25-41-66)68(83)46-44-59-45-47-69(86-51-61-30-14-5-15-31-61)70(48-59)87-52-62-32-16-6-17-33-62/h4-43,45,47-49,68,73,76,78-80,83H,50-58H2,1-3H3/t68?,73-,76-,78+,79+,80+/m1/s1. The van der Waals surface area contributed by atoms with Crippen LogP contribution in [0.4, 0.5) is 0 Å². The maximum absolute atomic E-state index is 15.0. The highest BCUT2D eigenvalue weighted by Crippen LogP contribution is 2.52. The van der Waals surface area contributed by atoms with E-state index in [4.69, 9.17) is 47.4 Å². The van der Waals surface area contributed by atoms with Gasteiger partial charge in [-0.05, 0) is 83.5 Å². The molecule has 1 fully saturated rings. The molecule has 1 heterocycles. The van der Waals surface area contributed by atoms with E-state index in [1.807, 2.05) is 261 Å². The van der Waals surface area contributed by atoms with Gasteiger partial charge in [0.25, 0.3) is 0 Å². The van der Waals surface area contributed by atoms with Gasteiger partial charge in [0.15, 0.2) is 17.6 Å². The first-order chi connectivity index (χ1) is 46.1. The van der Waals surface area contributed by atoms with E-state index in [0.29, 0.717) is 29.2 Å². The Morgan fingerprint density at radius 3 is 1.26 bits per heavy atom. The SMILES string of the molecule is CC(C)(C)C(=O)O[C@@H]1[C@@H](OCc2ccccc2)[C@H](OCc2ccccc2)[C@@H](COCc2ccccc2)O[C@H]1c1c(OCc2ccccc2)cc(OCc2ccccc2)c(C(O)C#Cc2ccc(OCc3ccccc3)c(OCc3ccccc3)c2)c1OCc1ccccc1. The lowest BCUT2D eigenvalue weighted by molar-refractivity contribution is -0.271. The zero-order valence-corrected chi connectivity index (χ0v) is 53.2. The van der Waals surface area contributed by atoms with Crippen molar-refractivity contribution < 1.29 is 57.3 Å². The van der Waals surface area contributed by atoms with Crippen molar-refractivity contribution in [3.63, 3.8) is 0 Å². The average molecular weight is 1260 g/mol. The molecule has 1 aliphatic rings. The molecule has 0 aromatic heterocycles. The zero-order chi connectivity index (χ0) is 64.7. The second-order valence-corrected chi connectivity index (χ2v) is 24.0. The fourth-order valence-electron chi connectivity index (χ4n) is 10.8. The van der Waals surface area contributed by atoms with E-state index < -0.39 is 48.0 Å². The van der Waals surface area contributed by atoms with Gasteiger partial charge in [0.05, 0.1) is 43.0 Å². The molecule has 1 saturated heterocycles. The molecule has 0 aliphatic carbocycles. The zero-order valence-electron chi connectivity index (χ0n) is 53.2. The third-order valence-electron chi connectivity index (χ3n) is 15.8. The van der Waals surface area contributed by atoms with E-state index in [1.54, 1.807) is 26.8 Å². The van der Waals surface area contributed by atoms with Crippen LogP contribution in [0, 0.1) is 17.3 Å². The minimum atomic E-state index is -1.63. The Kier molecular flexibility index (Phi) is 23.0. The van der Waals surface area contributed by atoms with Crippen LogP contribution in [-0.2, 0) is 81.3 Å². The molecular weight excluding hydrogens is 1180 g/mol. The van der Waals surface area contributed by atoms with E-state index in [0.717, 1.165) is 44.5 Å². The number of hydrogen-bond acceptors (Lipinski definition) is 12. The average Bonchev–Trinajstić information content (AvgIpc) is 0.745. The molecule has 12 nitrogen and oxygen atoms in total. The first-order valence-corrected chi connectivity index (χ1v) is 31.8. The van der Waals surface area contributed by atoms with Crippen LogP contribution < -0.4 is 23.7 Å². The predicted molar refractivity (Wildman–Crippen MR) is 362 cm³/mol. The minimum Gasteiger partial charge on any atom is -0.488 e. The van der Waals surface area contributed by atoms with Crippen molar-refractivity contribution in [3.8, 4) is 40.6 Å². The maximum atomic E-state index is 15.0.